The maximum absolute atomic E-state index is 14.0. The van der Waals surface area contributed by atoms with E-state index in [9.17, 15) is 24.7 Å². The molecule has 3 amide bonds. The quantitative estimate of drug-likeness (QED) is 0.0512. The number of ether oxygens (including phenoxy) is 2. The first-order valence-electron chi connectivity index (χ1n) is 21.6. The van der Waals surface area contributed by atoms with Crippen molar-refractivity contribution in [3.05, 3.63) is 125 Å². The van der Waals surface area contributed by atoms with Crippen molar-refractivity contribution in [1.82, 2.24) is 35.3 Å². The topological polar surface area (TPSA) is 193 Å². The number of hydrogen-bond acceptors (Lipinski definition) is 12. The maximum atomic E-state index is 14.0. The summed E-state index contributed by atoms with van der Waals surface area (Å²) in [6, 6.07) is 23.5. The summed E-state index contributed by atoms with van der Waals surface area (Å²) >= 11 is 1.57. The van der Waals surface area contributed by atoms with Gasteiger partial charge in [-0.05, 0) is 83.8 Å². The Morgan fingerprint density at radius 2 is 1.69 bits per heavy atom. The van der Waals surface area contributed by atoms with Crippen LogP contribution in [0, 0.1) is 12.3 Å². The average molecular weight is 897 g/mol. The number of nitrogens with one attached hydrogen (secondary N) is 2. The smallest absolute Gasteiger partial charge is 0.246 e. The van der Waals surface area contributed by atoms with E-state index in [0.29, 0.717) is 17.9 Å². The molecule has 3 aromatic carbocycles. The van der Waals surface area contributed by atoms with Crippen molar-refractivity contribution in [1.29, 1.82) is 0 Å². The molecule has 65 heavy (non-hydrogen) atoms. The molecule has 16 heteroatoms. The normalized spacial score (nSPS) is 16.9. The Morgan fingerprint density at radius 3 is 2.40 bits per heavy atom. The van der Waals surface area contributed by atoms with Crippen LogP contribution in [0.25, 0.3) is 38.5 Å². The van der Waals surface area contributed by atoms with Crippen molar-refractivity contribution in [2.24, 2.45) is 10.6 Å². The van der Waals surface area contributed by atoms with Crippen LogP contribution in [0.5, 0.6) is 5.75 Å². The number of amides is 3. The van der Waals surface area contributed by atoms with E-state index in [2.05, 4.69) is 31.8 Å². The number of fused-ring (bicyclic) bond motifs is 1. The fourth-order valence-electron chi connectivity index (χ4n) is 8.24. The molecule has 2 aliphatic rings. The molecule has 0 saturated carbocycles. The van der Waals surface area contributed by atoms with E-state index in [1.54, 1.807) is 23.7 Å². The standard InChI is InChI=1S/C49H52N8O7S/c1-30-45(65-29-52-30)33-7-5-31(6-8-33)25-51-47(60)42-24-37(58)26-56(42)48(61)46(49(2,3)4)53-43(59)28-63-21-22-64-38-13-11-36(12-14-38)57-27-40(44(54-57)32-17-19-50-20-18-32)35-9-15-39-34(23-35)10-16-41(39)55-62/h5-9,11-15,17-20,23,27,29,37,42,46,58,62H,10,16,21-22,24-26,28H2,1-4H3,(H,51,60)(H,53,59)/b55-41+/t37-,42?,46-/m1/s1. The maximum Gasteiger partial charge on any atom is 0.246 e. The first kappa shape index (κ1) is 44.8. The Kier molecular flexibility index (Phi) is 13.5. The molecule has 15 nitrogen and oxygen atoms in total. The molecule has 336 valence electrons. The van der Waals surface area contributed by atoms with E-state index in [1.165, 1.54) is 4.90 Å². The van der Waals surface area contributed by atoms with Crippen LogP contribution in [0.15, 0.2) is 108 Å². The van der Waals surface area contributed by atoms with Gasteiger partial charge in [-0.15, -0.1) is 11.3 Å². The minimum Gasteiger partial charge on any atom is -0.491 e. The van der Waals surface area contributed by atoms with Crippen LogP contribution in [0.2, 0.25) is 0 Å². The molecule has 6 aromatic rings. The predicted octanol–water partition coefficient (Wildman–Crippen LogP) is 6.36. The first-order valence-corrected chi connectivity index (χ1v) is 22.4. The third-order valence-corrected chi connectivity index (χ3v) is 12.7. The SMILES string of the molecule is Cc1ncsc1-c1ccc(CNC(=O)C2C[C@@H](O)CN2C(=O)[C@@H](NC(=O)COCCOc2ccc(-n3cc(-c4ccc5c(c4)CC/C5=N\O)c(-c4ccncc4)n3)cc2)C(C)(C)C)cc1. The fraction of sp³-hybridized carbons (Fsp3) is 0.327. The number of aryl methyl sites for hydroxylation is 2. The molecule has 3 aromatic heterocycles. The van der Waals surface area contributed by atoms with Gasteiger partial charge in [0.25, 0.3) is 0 Å². The zero-order valence-electron chi connectivity index (χ0n) is 36.7. The van der Waals surface area contributed by atoms with Gasteiger partial charge in [-0.3, -0.25) is 19.4 Å². The summed E-state index contributed by atoms with van der Waals surface area (Å²) in [5.41, 5.74) is 11.3. The van der Waals surface area contributed by atoms with Crippen molar-refractivity contribution < 1.29 is 34.2 Å². The second-order valence-electron chi connectivity index (χ2n) is 17.3. The Morgan fingerprint density at radius 1 is 0.938 bits per heavy atom. The third kappa shape index (κ3) is 10.3. The number of benzene rings is 3. The molecule has 1 saturated heterocycles. The minimum absolute atomic E-state index is 0.0222. The van der Waals surface area contributed by atoms with E-state index in [1.807, 2.05) is 117 Å². The van der Waals surface area contributed by atoms with Crippen molar-refractivity contribution >= 4 is 34.8 Å². The number of nitrogens with zero attached hydrogens (tertiary/aromatic N) is 6. The Balaban J connectivity index is 0.827. The molecule has 8 rings (SSSR count). The highest BCUT2D eigenvalue weighted by Crippen LogP contribution is 2.35. The molecule has 0 spiro atoms. The molecule has 1 aliphatic heterocycles. The predicted molar refractivity (Wildman–Crippen MR) is 247 cm³/mol. The number of carbonyl (C=O) groups is 3. The van der Waals surface area contributed by atoms with Gasteiger partial charge in [0, 0.05) is 54.8 Å². The molecule has 4 heterocycles. The summed E-state index contributed by atoms with van der Waals surface area (Å²) in [4.78, 5) is 51.6. The lowest BCUT2D eigenvalue weighted by Gasteiger charge is -2.35. The second kappa shape index (κ2) is 19.6. The van der Waals surface area contributed by atoms with Gasteiger partial charge >= 0.3 is 0 Å². The van der Waals surface area contributed by atoms with E-state index in [-0.39, 0.29) is 45.2 Å². The number of aromatic nitrogens is 4. The van der Waals surface area contributed by atoms with Gasteiger partial charge in [0.15, 0.2) is 0 Å². The molecule has 0 bridgehead atoms. The highest BCUT2D eigenvalue weighted by atomic mass is 32.1. The summed E-state index contributed by atoms with van der Waals surface area (Å²) in [6.07, 6.45) is 6.20. The molecule has 1 fully saturated rings. The van der Waals surface area contributed by atoms with Gasteiger partial charge in [0.1, 0.15) is 36.7 Å². The highest BCUT2D eigenvalue weighted by molar-refractivity contribution is 7.13. The van der Waals surface area contributed by atoms with E-state index in [0.717, 1.165) is 67.3 Å². The van der Waals surface area contributed by atoms with Crippen LogP contribution in [0.4, 0.5) is 0 Å². The van der Waals surface area contributed by atoms with Crippen molar-refractivity contribution in [2.45, 2.75) is 71.7 Å². The van der Waals surface area contributed by atoms with Gasteiger partial charge in [-0.1, -0.05) is 68.4 Å². The summed E-state index contributed by atoms with van der Waals surface area (Å²) in [6.45, 7) is 7.67. The minimum atomic E-state index is -0.980. The Labute approximate surface area is 381 Å². The average Bonchev–Trinajstić information content (AvgIpc) is 4.13. The van der Waals surface area contributed by atoms with E-state index in [4.69, 9.17) is 14.6 Å². The monoisotopic (exact) mass is 896 g/mol. The van der Waals surface area contributed by atoms with Crippen LogP contribution in [0.1, 0.15) is 56.0 Å². The summed E-state index contributed by atoms with van der Waals surface area (Å²) in [5, 5.41) is 34.2. The fourth-order valence-corrected chi connectivity index (χ4v) is 9.05. The lowest BCUT2D eigenvalue weighted by molar-refractivity contribution is -0.144. The number of likely N-dealkylation sites (tertiary alicyclic amines) is 1. The second-order valence-corrected chi connectivity index (χ2v) is 18.2. The Hall–Kier alpha value is -6.75. The summed E-state index contributed by atoms with van der Waals surface area (Å²) < 4.78 is 13.4. The zero-order chi connectivity index (χ0) is 45.7. The van der Waals surface area contributed by atoms with Gasteiger partial charge < -0.3 is 35.3 Å². The molecular weight excluding hydrogens is 845 g/mol. The number of oxime groups is 1. The molecule has 0 radical (unpaired) electrons. The molecular formula is C49H52N8O7S. The van der Waals surface area contributed by atoms with Crippen molar-refractivity contribution in [2.75, 3.05) is 26.4 Å². The van der Waals surface area contributed by atoms with E-state index >= 15 is 0 Å². The molecule has 3 atom stereocenters. The lowest BCUT2D eigenvalue weighted by atomic mass is 9.85. The third-order valence-electron chi connectivity index (χ3n) is 11.7. The number of β-amino-alcohol motifs (C(OH)–C–C–N with tert-alkyl or cyclic N) is 1. The number of rotatable bonds is 15. The zero-order valence-corrected chi connectivity index (χ0v) is 37.5. The van der Waals surface area contributed by atoms with Crippen LogP contribution < -0.4 is 15.4 Å². The van der Waals surface area contributed by atoms with Crippen LogP contribution in [0.3, 0.4) is 0 Å². The number of carbonyl (C=O) groups excluding carboxylic acids is 3. The number of aliphatic hydroxyl groups excluding tert-OH is 1. The van der Waals surface area contributed by atoms with Gasteiger partial charge in [-0.25, -0.2) is 9.67 Å². The number of pyridine rings is 1. The Bertz CT molecular complexity index is 2680. The van der Waals surface area contributed by atoms with Crippen LogP contribution in [-0.2, 0) is 32.1 Å². The van der Waals surface area contributed by atoms with Crippen molar-refractivity contribution in [3.63, 3.8) is 0 Å². The lowest BCUT2D eigenvalue weighted by Crippen LogP contribution is -2.58. The molecule has 1 aliphatic carbocycles. The molecule has 4 N–H and O–H groups in total. The van der Waals surface area contributed by atoms with Crippen molar-refractivity contribution in [3.8, 4) is 44.3 Å². The first-order chi connectivity index (χ1) is 31.4. The van der Waals surface area contributed by atoms with Crippen LogP contribution in [-0.4, -0.2) is 103 Å². The van der Waals surface area contributed by atoms with Crippen LogP contribution >= 0.6 is 11.3 Å². The number of thiazole rings is 1. The van der Waals surface area contributed by atoms with Gasteiger partial charge in [0.2, 0.25) is 17.7 Å². The number of aliphatic hydroxyl groups is 1. The summed E-state index contributed by atoms with van der Waals surface area (Å²) in [7, 11) is 0. The van der Waals surface area contributed by atoms with Gasteiger partial charge in [0.05, 0.1) is 40.2 Å². The highest BCUT2D eigenvalue weighted by Gasteiger charge is 2.44. The largest absolute Gasteiger partial charge is 0.491 e. The number of hydrogen-bond donors (Lipinski definition) is 4. The summed E-state index contributed by atoms with van der Waals surface area (Å²) in [5.74, 6) is -0.711. The van der Waals surface area contributed by atoms with Gasteiger partial charge in [-0.2, -0.15) is 5.10 Å². The van der Waals surface area contributed by atoms with E-state index < -0.39 is 35.4 Å². The molecule has 1 unspecified atom stereocenters.